The summed E-state index contributed by atoms with van der Waals surface area (Å²) in [6, 6.07) is 19.4. The highest BCUT2D eigenvalue weighted by Gasteiger charge is 2.19. The average Bonchev–Trinajstić information content (AvgIpc) is 2.79. The summed E-state index contributed by atoms with van der Waals surface area (Å²) in [6.45, 7) is 4.41. The van der Waals surface area contributed by atoms with Crippen LogP contribution < -0.4 is 15.3 Å². The minimum Gasteiger partial charge on any atom is -0.497 e. The van der Waals surface area contributed by atoms with E-state index in [0.717, 1.165) is 27.4 Å². The SMILES string of the molecule is CCN(C(=O)CCc1c(C)c2ccc(OC)cc2oc1=O)c1cccc2ccccc12. The Morgan fingerprint density at radius 3 is 2.58 bits per heavy atom. The first-order valence-electron chi connectivity index (χ1n) is 10.4. The summed E-state index contributed by atoms with van der Waals surface area (Å²) in [4.78, 5) is 27.5. The van der Waals surface area contributed by atoms with Gasteiger partial charge in [0, 0.05) is 35.4 Å². The van der Waals surface area contributed by atoms with Crippen LogP contribution in [0.4, 0.5) is 5.69 Å². The Morgan fingerprint density at radius 2 is 1.81 bits per heavy atom. The Bertz CT molecular complexity index is 1320. The molecule has 0 radical (unpaired) electrons. The highest BCUT2D eigenvalue weighted by atomic mass is 16.5. The van der Waals surface area contributed by atoms with Crippen LogP contribution in [0.25, 0.3) is 21.7 Å². The molecule has 4 rings (SSSR count). The molecule has 0 atom stereocenters. The summed E-state index contributed by atoms with van der Waals surface area (Å²) >= 11 is 0. The van der Waals surface area contributed by atoms with Gasteiger partial charge in [-0.05, 0) is 49.4 Å². The van der Waals surface area contributed by atoms with E-state index in [4.69, 9.17) is 9.15 Å². The molecule has 0 unspecified atom stereocenters. The molecule has 3 aromatic carbocycles. The number of hydrogen-bond donors (Lipinski definition) is 0. The molecule has 1 heterocycles. The van der Waals surface area contributed by atoms with E-state index in [9.17, 15) is 9.59 Å². The van der Waals surface area contributed by atoms with E-state index < -0.39 is 5.63 Å². The maximum Gasteiger partial charge on any atom is 0.339 e. The van der Waals surface area contributed by atoms with Crippen molar-refractivity contribution in [2.75, 3.05) is 18.6 Å². The molecule has 0 saturated heterocycles. The Labute approximate surface area is 180 Å². The molecule has 0 bridgehead atoms. The fourth-order valence-electron chi connectivity index (χ4n) is 4.08. The summed E-state index contributed by atoms with van der Waals surface area (Å²) in [5.41, 5.74) is 2.36. The fraction of sp³-hybridized carbons (Fsp3) is 0.231. The number of aryl methyl sites for hydroxylation is 1. The van der Waals surface area contributed by atoms with Crippen LogP contribution in [0.15, 0.2) is 69.9 Å². The highest BCUT2D eigenvalue weighted by molar-refractivity contribution is 6.03. The Balaban J connectivity index is 1.61. The van der Waals surface area contributed by atoms with Crippen molar-refractivity contribution in [2.24, 2.45) is 0 Å². The average molecular weight is 415 g/mol. The van der Waals surface area contributed by atoms with Gasteiger partial charge in [-0.15, -0.1) is 0 Å². The standard InChI is InChI=1S/C26H25NO4/c1-4-27(23-11-7-9-18-8-5-6-10-22(18)23)25(28)15-14-21-17(2)20-13-12-19(30-3)16-24(20)31-26(21)29/h5-13,16H,4,14-15H2,1-3H3. The van der Waals surface area contributed by atoms with Crippen molar-refractivity contribution in [3.8, 4) is 5.75 Å². The molecule has 1 aromatic heterocycles. The molecular formula is C26H25NO4. The first-order chi connectivity index (χ1) is 15.0. The van der Waals surface area contributed by atoms with Crippen LogP contribution in [0.5, 0.6) is 5.75 Å². The van der Waals surface area contributed by atoms with Crippen molar-refractivity contribution < 1.29 is 13.9 Å². The van der Waals surface area contributed by atoms with Crippen molar-refractivity contribution >= 4 is 33.3 Å². The molecule has 5 nitrogen and oxygen atoms in total. The smallest absolute Gasteiger partial charge is 0.339 e. The van der Waals surface area contributed by atoms with E-state index >= 15 is 0 Å². The number of carbonyl (C=O) groups excluding carboxylic acids is 1. The van der Waals surface area contributed by atoms with Gasteiger partial charge in [0.05, 0.1) is 12.8 Å². The van der Waals surface area contributed by atoms with Crippen molar-refractivity contribution in [1.29, 1.82) is 0 Å². The molecule has 0 spiro atoms. The topological polar surface area (TPSA) is 59.8 Å². The van der Waals surface area contributed by atoms with Crippen LogP contribution in [-0.4, -0.2) is 19.6 Å². The molecule has 5 heteroatoms. The maximum absolute atomic E-state index is 13.1. The second-order valence-corrected chi connectivity index (χ2v) is 7.49. The Hall–Kier alpha value is -3.60. The lowest BCUT2D eigenvalue weighted by Crippen LogP contribution is -2.31. The molecule has 0 aliphatic carbocycles. The Morgan fingerprint density at radius 1 is 1.03 bits per heavy atom. The van der Waals surface area contributed by atoms with E-state index in [1.807, 2.05) is 68.4 Å². The van der Waals surface area contributed by atoms with Crippen molar-refractivity contribution in [3.05, 3.63) is 82.2 Å². The van der Waals surface area contributed by atoms with Gasteiger partial charge in [0.15, 0.2) is 0 Å². The molecule has 0 fully saturated rings. The monoisotopic (exact) mass is 415 g/mol. The summed E-state index contributed by atoms with van der Waals surface area (Å²) in [5, 5.41) is 2.98. The third kappa shape index (κ3) is 3.91. The molecule has 31 heavy (non-hydrogen) atoms. The van der Waals surface area contributed by atoms with Gasteiger partial charge in [-0.3, -0.25) is 4.79 Å². The van der Waals surface area contributed by atoms with E-state index in [0.29, 0.717) is 29.9 Å². The largest absolute Gasteiger partial charge is 0.497 e. The number of rotatable bonds is 6. The number of fused-ring (bicyclic) bond motifs is 2. The normalized spacial score (nSPS) is 11.1. The molecule has 0 N–H and O–H groups in total. The van der Waals surface area contributed by atoms with Gasteiger partial charge in [0.2, 0.25) is 5.91 Å². The molecule has 158 valence electrons. The first-order valence-corrected chi connectivity index (χ1v) is 10.4. The minimum absolute atomic E-state index is 0.0209. The third-order valence-electron chi connectivity index (χ3n) is 5.76. The van der Waals surface area contributed by atoms with Gasteiger partial charge < -0.3 is 14.1 Å². The maximum atomic E-state index is 13.1. The van der Waals surface area contributed by atoms with Crippen LogP contribution in [0.2, 0.25) is 0 Å². The predicted octanol–water partition coefficient (Wildman–Crippen LogP) is 5.25. The number of nitrogens with zero attached hydrogens (tertiary/aromatic N) is 1. The van der Waals surface area contributed by atoms with Gasteiger partial charge in [-0.25, -0.2) is 4.79 Å². The lowest BCUT2D eigenvalue weighted by Gasteiger charge is -2.23. The zero-order chi connectivity index (χ0) is 22.0. The third-order valence-corrected chi connectivity index (χ3v) is 5.76. The van der Waals surface area contributed by atoms with E-state index in [1.165, 1.54) is 0 Å². The second-order valence-electron chi connectivity index (χ2n) is 7.49. The molecule has 4 aromatic rings. The zero-order valence-corrected chi connectivity index (χ0v) is 18.0. The zero-order valence-electron chi connectivity index (χ0n) is 18.0. The van der Waals surface area contributed by atoms with Crippen LogP contribution in [0, 0.1) is 6.92 Å². The number of benzene rings is 3. The van der Waals surface area contributed by atoms with Crippen LogP contribution in [-0.2, 0) is 11.2 Å². The number of amides is 1. The molecular weight excluding hydrogens is 390 g/mol. The molecule has 0 aliphatic heterocycles. The van der Waals surface area contributed by atoms with E-state index in [2.05, 4.69) is 0 Å². The van der Waals surface area contributed by atoms with E-state index in [1.54, 1.807) is 18.1 Å². The van der Waals surface area contributed by atoms with Gasteiger partial charge in [-0.2, -0.15) is 0 Å². The second kappa shape index (κ2) is 8.64. The summed E-state index contributed by atoms with van der Waals surface area (Å²) in [5.74, 6) is 0.610. The van der Waals surface area contributed by atoms with Gasteiger partial charge in [0.25, 0.3) is 0 Å². The highest BCUT2D eigenvalue weighted by Crippen LogP contribution is 2.28. The van der Waals surface area contributed by atoms with Crippen molar-refractivity contribution in [2.45, 2.75) is 26.7 Å². The first kappa shape index (κ1) is 20.7. The lowest BCUT2D eigenvalue weighted by atomic mass is 10.0. The number of anilines is 1. The molecule has 1 amide bonds. The van der Waals surface area contributed by atoms with Crippen LogP contribution in [0.1, 0.15) is 24.5 Å². The summed E-state index contributed by atoms with van der Waals surface area (Å²) in [7, 11) is 1.57. The van der Waals surface area contributed by atoms with Gasteiger partial charge in [0.1, 0.15) is 11.3 Å². The van der Waals surface area contributed by atoms with Crippen molar-refractivity contribution in [1.82, 2.24) is 0 Å². The van der Waals surface area contributed by atoms with Gasteiger partial charge in [-0.1, -0.05) is 36.4 Å². The lowest BCUT2D eigenvalue weighted by molar-refractivity contribution is -0.118. The predicted molar refractivity (Wildman–Crippen MR) is 124 cm³/mol. The van der Waals surface area contributed by atoms with Crippen molar-refractivity contribution in [3.63, 3.8) is 0 Å². The van der Waals surface area contributed by atoms with Gasteiger partial charge >= 0.3 is 5.63 Å². The number of hydrogen-bond acceptors (Lipinski definition) is 4. The summed E-state index contributed by atoms with van der Waals surface area (Å²) < 4.78 is 10.7. The molecule has 0 saturated carbocycles. The van der Waals surface area contributed by atoms with Crippen LogP contribution >= 0.6 is 0 Å². The number of methoxy groups -OCH3 is 1. The molecule has 0 aliphatic rings. The quantitative estimate of drug-likeness (QED) is 0.404. The van der Waals surface area contributed by atoms with Crippen LogP contribution in [0.3, 0.4) is 0 Å². The Kier molecular flexibility index (Phi) is 5.76. The van der Waals surface area contributed by atoms with E-state index in [-0.39, 0.29) is 12.3 Å². The number of carbonyl (C=O) groups is 1. The summed E-state index contributed by atoms with van der Waals surface area (Å²) in [6.07, 6.45) is 0.556. The minimum atomic E-state index is -0.403. The fourth-order valence-corrected chi connectivity index (χ4v) is 4.08. The number of ether oxygens (including phenoxy) is 1.